The highest BCUT2D eigenvalue weighted by Gasteiger charge is 2.27. The summed E-state index contributed by atoms with van der Waals surface area (Å²) in [6.07, 6.45) is 4.83. The van der Waals surface area contributed by atoms with Crippen molar-refractivity contribution < 1.29 is 10.0 Å². The number of amides is 2. The van der Waals surface area contributed by atoms with Gasteiger partial charge in [0.15, 0.2) is 0 Å². The fourth-order valence-corrected chi connectivity index (χ4v) is 3.72. The predicted octanol–water partition coefficient (Wildman–Crippen LogP) is 3.30. The number of carbonyl (C=O) groups is 1. The third-order valence-corrected chi connectivity index (χ3v) is 4.85. The molecular formula is C20H26N5O3-. The molecule has 3 rings (SSSR count). The Morgan fingerprint density at radius 2 is 2.04 bits per heavy atom. The Hall–Kier alpha value is -2.84. The third-order valence-electron chi connectivity index (χ3n) is 4.85. The maximum atomic E-state index is 11.9. The molecule has 1 aliphatic rings. The summed E-state index contributed by atoms with van der Waals surface area (Å²) in [6, 6.07) is 6.61. The van der Waals surface area contributed by atoms with E-state index in [-0.39, 0.29) is 34.9 Å². The van der Waals surface area contributed by atoms with E-state index in [1.165, 1.54) is 0 Å². The van der Waals surface area contributed by atoms with Crippen LogP contribution >= 0.6 is 0 Å². The Balaban J connectivity index is 1.83. The minimum Gasteiger partial charge on any atom is -0.733 e. The van der Waals surface area contributed by atoms with E-state index in [9.17, 15) is 15.2 Å². The summed E-state index contributed by atoms with van der Waals surface area (Å²) < 4.78 is 1.68. The molecular weight excluding hydrogens is 358 g/mol. The Morgan fingerprint density at radius 3 is 2.71 bits per heavy atom. The van der Waals surface area contributed by atoms with Gasteiger partial charge in [0, 0.05) is 29.3 Å². The number of aromatic nitrogens is 2. The van der Waals surface area contributed by atoms with Crippen LogP contribution in [0.2, 0.25) is 0 Å². The number of nitrogens with one attached hydrogen (secondary N) is 2. The number of carbonyl (C=O) groups excluding carboxylic acids is 1. The van der Waals surface area contributed by atoms with Gasteiger partial charge in [-0.2, -0.15) is 5.10 Å². The van der Waals surface area contributed by atoms with Gasteiger partial charge in [-0.15, -0.1) is 0 Å². The zero-order valence-corrected chi connectivity index (χ0v) is 16.5. The van der Waals surface area contributed by atoms with Crippen molar-refractivity contribution in [3.05, 3.63) is 58.6 Å². The van der Waals surface area contributed by atoms with Crippen molar-refractivity contribution in [3.8, 4) is 5.69 Å². The van der Waals surface area contributed by atoms with Crippen molar-refractivity contribution in [2.75, 3.05) is 5.23 Å². The number of hydrogen-bond acceptors (Lipinski definition) is 5. The molecule has 1 aliphatic carbocycles. The van der Waals surface area contributed by atoms with Crippen molar-refractivity contribution in [2.45, 2.75) is 52.1 Å². The number of para-hydroxylation sites is 2. The van der Waals surface area contributed by atoms with Crippen molar-refractivity contribution in [1.29, 1.82) is 0 Å². The van der Waals surface area contributed by atoms with Crippen LogP contribution in [0.5, 0.6) is 0 Å². The van der Waals surface area contributed by atoms with Crippen molar-refractivity contribution in [1.82, 2.24) is 20.4 Å². The first kappa shape index (κ1) is 19.9. The normalized spacial score (nSPS) is 18.5. The van der Waals surface area contributed by atoms with Gasteiger partial charge in [-0.1, -0.05) is 24.3 Å². The molecule has 0 unspecified atom stereocenters. The average Bonchev–Trinajstić information content (AvgIpc) is 3.17. The van der Waals surface area contributed by atoms with Gasteiger partial charge in [0.05, 0.1) is 17.1 Å². The molecule has 0 spiro atoms. The van der Waals surface area contributed by atoms with Crippen LogP contribution in [0.25, 0.3) is 5.69 Å². The summed E-state index contributed by atoms with van der Waals surface area (Å²) in [7, 11) is 0. The average molecular weight is 384 g/mol. The Morgan fingerprint density at radius 1 is 1.32 bits per heavy atom. The smallest absolute Gasteiger partial charge is 0.315 e. The topological polar surface area (TPSA) is 105 Å². The van der Waals surface area contributed by atoms with Gasteiger partial charge in [-0.05, 0) is 46.2 Å². The maximum Gasteiger partial charge on any atom is 0.315 e. The third kappa shape index (κ3) is 4.02. The number of allylic oxidation sites excluding steroid dienone is 1. The van der Waals surface area contributed by atoms with Gasteiger partial charge in [0.25, 0.3) is 0 Å². The fourth-order valence-electron chi connectivity index (χ4n) is 3.72. The zero-order chi connectivity index (χ0) is 20.4. The highest BCUT2D eigenvalue weighted by atomic mass is 16.8. The molecule has 0 radical (unpaired) electrons. The summed E-state index contributed by atoms with van der Waals surface area (Å²) in [5.74, 6) is 0.114. The number of urea groups is 1. The lowest BCUT2D eigenvalue weighted by Crippen LogP contribution is -2.43. The number of rotatable bonds is 5. The number of nitrogens with zero attached hydrogens (tertiary/aromatic N) is 3. The first-order valence-corrected chi connectivity index (χ1v) is 9.35. The first-order valence-electron chi connectivity index (χ1n) is 9.35. The summed E-state index contributed by atoms with van der Waals surface area (Å²) in [4.78, 5) is 11.9. The second kappa shape index (κ2) is 8.04. The van der Waals surface area contributed by atoms with Crippen LogP contribution in [-0.4, -0.2) is 33.1 Å². The van der Waals surface area contributed by atoms with Gasteiger partial charge in [-0.3, -0.25) is 5.21 Å². The van der Waals surface area contributed by atoms with E-state index in [0.717, 1.165) is 23.4 Å². The van der Waals surface area contributed by atoms with Gasteiger partial charge in [0.2, 0.25) is 0 Å². The molecule has 2 aromatic rings. The van der Waals surface area contributed by atoms with Crippen molar-refractivity contribution in [3.63, 3.8) is 0 Å². The second-order valence-corrected chi connectivity index (χ2v) is 7.36. The molecule has 3 N–H and O–H groups in total. The van der Waals surface area contributed by atoms with Crippen LogP contribution in [0.3, 0.4) is 0 Å². The summed E-state index contributed by atoms with van der Waals surface area (Å²) in [5, 5.41) is 31.2. The second-order valence-electron chi connectivity index (χ2n) is 7.36. The molecule has 0 saturated carbocycles. The molecule has 0 fully saturated rings. The van der Waals surface area contributed by atoms with E-state index in [1.807, 2.05) is 33.8 Å². The lowest BCUT2D eigenvalue weighted by molar-refractivity contribution is 0.236. The van der Waals surface area contributed by atoms with E-state index in [0.29, 0.717) is 5.69 Å². The molecule has 2 amide bonds. The Bertz CT molecular complexity index is 888. The van der Waals surface area contributed by atoms with E-state index in [1.54, 1.807) is 28.9 Å². The van der Waals surface area contributed by atoms with Crippen molar-refractivity contribution in [2.24, 2.45) is 0 Å². The molecule has 0 saturated heterocycles. The number of hydrogen-bond donors (Lipinski definition) is 3. The Kier molecular flexibility index (Phi) is 5.71. The molecule has 28 heavy (non-hydrogen) atoms. The van der Waals surface area contributed by atoms with E-state index < -0.39 is 0 Å². The molecule has 0 bridgehead atoms. The molecule has 150 valence electrons. The quantitative estimate of drug-likeness (QED) is 0.542. The van der Waals surface area contributed by atoms with Crippen LogP contribution < -0.4 is 15.9 Å². The summed E-state index contributed by atoms with van der Waals surface area (Å²) >= 11 is 0. The molecule has 1 aromatic carbocycles. The van der Waals surface area contributed by atoms with E-state index in [4.69, 9.17) is 0 Å². The van der Waals surface area contributed by atoms with Crippen LogP contribution in [0.15, 0.2) is 36.4 Å². The molecule has 1 heterocycles. The maximum absolute atomic E-state index is 11.9. The molecule has 8 nitrogen and oxygen atoms in total. The van der Waals surface area contributed by atoms with Crippen LogP contribution in [0.1, 0.15) is 43.1 Å². The van der Waals surface area contributed by atoms with Crippen LogP contribution in [0, 0.1) is 19.1 Å². The van der Waals surface area contributed by atoms with Gasteiger partial charge in [-0.25, -0.2) is 9.48 Å². The zero-order valence-electron chi connectivity index (χ0n) is 16.5. The molecule has 0 aliphatic heterocycles. The number of anilines is 1. The monoisotopic (exact) mass is 384 g/mol. The van der Waals surface area contributed by atoms with Crippen LogP contribution in [-0.2, 0) is 0 Å². The predicted molar refractivity (Wildman–Crippen MR) is 108 cm³/mol. The van der Waals surface area contributed by atoms with Gasteiger partial charge in [0.1, 0.15) is 0 Å². The molecule has 1 aromatic heterocycles. The van der Waals surface area contributed by atoms with E-state index in [2.05, 4.69) is 21.8 Å². The largest absolute Gasteiger partial charge is 0.733 e. The minimum absolute atomic E-state index is 0.0484. The fraction of sp³-hybridized carbons (Fsp3) is 0.400. The van der Waals surface area contributed by atoms with Crippen molar-refractivity contribution >= 4 is 11.7 Å². The summed E-state index contributed by atoms with van der Waals surface area (Å²) in [5.41, 5.74) is 3.46. The molecule has 8 heteroatoms. The highest BCUT2D eigenvalue weighted by Crippen LogP contribution is 2.35. The summed E-state index contributed by atoms with van der Waals surface area (Å²) in [6.45, 7) is 7.70. The number of benzene rings is 1. The first-order chi connectivity index (χ1) is 13.3. The lowest BCUT2D eigenvalue weighted by Gasteiger charge is -2.24. The number of aryl methyl sites for hydroxylation is 1. The van der Waals surface area contributed by atoms with Crippen LogP contribution in [0.4, 0.5) is 10.5 Å². The highest BCUT2D eigenvalue weighted by molar-refractivity contribution is 5.74. The van der Waals surface area contributed by atoms with Gasteiger partial charge >= 0.3 is 6.03 Å². The Labute approximate surface area is 164 Å². The lowest BCUT2D eigenvalue weighted by atomic mass is 9.96. The standard InChI is InChI=1S/C20H26N5O3/c1-12(2)21-20(26)22-16-10-9-15(11-16)19-13(3)23-24(14(19)4)17-7-5-6-8-18(17)25(27)28/h5-10,12,15-16,27H,11H2,1-4H3,(H2,21,22,26)/q-1/t15-,16-/m1/s1. The van der Waals surface area contributed by atoms with E-state index >= 15 is 0 Å². The van der Waals surface area contributed by atoms with Gasteiger partial charge < -0.3 is 21.1 Å². The SMILES string of the molecule is Cc1nn(-c2ccccc2N([O-])O)c(C)c1[C@@H]1C=C[C@@H](NC(=O)NC(C)C)C1. The minimum atomic E-state index is -0.179. The molecule has 2 atom stereocenters.